The van der Waals surface area contributed by atoms with Gasteiger partial charge in [-0.25, -0.2) is 9.78 Å². The number of carbonyl (C=O) groups excluding carboxylic acids is 2. The SMILES string of the molecule is Cc1csc(NC(=O)C2Cc3ccccc3CN2C(=O)OCc2ccccc2)n1. The van der Waals surface area contributed by atoms with E-state index < -0.39 is 12.1 Å². The van der Waals surface area contributed by atoms with E-state index in [-0.39, 0.29) is 12.5 Å². The van der Waals surface area contributed by atoms with Gasteiger partial charge in [-0.15, -0.1) is 11.3 Å². The lowest BCUT2D eigenvalue weighted by molar-refractivity contribution is -0.121. The first kappa shape index (κ1) is 19.1. The first-order valence-electron chi connectivity index (χ1n) is 9.37. The van der Waals surface area contributed by atoms with Crippen molar-refractivity contribution in [1.29, 1.82) is 0 Å². The second-order valence-electron chi connectivity index (χ2n) is 6.94. The largest absolute Gasteiger partial charge is 0.445 e. The molecule has 3 aromatic rings. The second kappa shape index (κ2) is 8.45. The highest BCUT2D eigenvalue weighted by molar-refractivity contribution is 7.13. The summed E-state index contributed by atoms with van der Waals surface area (Å²) < 4.78 is 5.51. The molecule has 1 N–H and O–H groups in total. The molecule has 2 amide bonds. The molecule has 1 aliphatic heterocycles. The maximum Gasteiger partial charge on any atom is 0.411 e. The van der Waals surface area contributed by atoms with E-state index in [1.165, 1.54) is 16.2 Å². The third-order valence-electron chi connectivity index (χ3n) is 4.84. The highest BCUT2D eigenvalue weighted by Gasteiger charge is 2.35. The van der Waals surface area contributed by atoms with E-state index in [0.717, 1.165) is 22.4 Å². The summed E-state index contributed by atoms with van der Waals surface area (Å²) in [7, 11) is 0. The molecular formula is C22H21N3O3S. The Morgan fingerprint density at radius 3 is 2.59 bits per heavy atom. The number of nitrogens with one attached hydrogen (secondary N) is 1. The second-order valence-corrected chi connectivity index (χ2v) is 7.80. The number of aromatic nitrogens is 1. The van der Waals surface area contributed by atoms with Crippen LogP contribution < -0.4 is 5.32 Å². The van der Waals surface area contributed by atoms with E-state index in [2.05, 4.69) is 10.3 Å². The molecule has 148 valence electrons. The van der Waals surface area contributed by atoms with Gasteiger partial charge < -0.3 is 10.1 Å². The Bertz CT molecular complexity index is 1020. The van der Waals surface area contributed by atoms with Gasteiger partial charge in [-0.05, 0) is 23.6 Å². The molecule has 6 nitrogen and oxygen atoms in total. The van der Waals surface area contributed by atoms with Gasteiger partial charge in [0.25, 0.3) is 0 Å². The molecule has 1 unspecified atom stereocenters. The number of rotatable bonds is 4. The van der Waals surface area contributed by atoms with Crippen molar-refractivity contribution in [2.45, 2.75) is 32.5 Å². The molecule has 0 spiro atoms. The molecule has 1 aliphatic rings. The Morgan fingerprint density at radius 2 is 1.86 bits per heavy atom. The van der Waals surface area contributed by atoms with E-state index in [1.54, 1.807) is 0 Å². The normalized spacial score (nSPS) is 15.5. The minimum Gasteiger partial charge on any atom is -0.445 e. The molecule has 0 saturated heterocycles. The molecule has 0 aliphatic carbocycles. The van der Waals surface area contributed by atoms with Crippen LogP contribution in [0.1, 0.15) is 22.4 Å². The van der Waals surface area contributed by atoms with Gasteiger partial charge in [-0.3, -0.25) is 9.69 Å². The van der Waals surface area contributed by atoms with Crippen LogP contribution in [-0.2, 0) is 29.1 Å². The van der Waals surface area contributed by atoms with E-state index in [0.29, 0.717) is 18.1 Å². The van der Waals surface area contributed by atoms with Crippen molar-refractivity contribution in [2.75, 3.05) is 5.32 Å². The number of hydrogen-bond acceptors (Lipinski definition) is 5. The molecule has 4 rings (SSSR count). The maximum atomic E-state index is 13.0. The van der Waals surface area contributed by atoms with Gasteiger partial charge in [0.05, 0.1) is 12.2 Å². The van der Waals surface area contributed by atoms with Crippen molar-refractivity contribution in [1.82, 2.24) is 9.88 Å². The van der Waals surface area contributed by atoms with Crippen LogP contribution in [-0.4, -0.2) is 27.9 Å². The minimum absolute atomic E-state index is 0.165. The lowest BCUT2D eigenvalue weighted by Gasteiger charge is -2.35. The topological polar surface area (TPSA) is 71.5 Å². The van der Waals surface area contributed by atoms with Crippen molar-refractivity contribution in [3.8, 4) is 0 Å². The van der Waals surface area contributed by atoms with Crippen LogP contribution in [0.15, 0.2) is 60.0 Å². The Kier molecular flexibility index (Phi) is 5.57. The summed E-state index contributed by atoms with van der Waals surface area (Å²) in [4.78, 5) is 31.6. The van der Waals surface area contributed by atoms with Gasteiger partial charge in [0, 0.05) is 11.8 Å². The Hall–Kier alpha value is -3.19. The first-order valence-corrected chi connectivity index (χ1v) is 10.3. The van der Waals surface area contributed by atoms with Crippen LogP contribution in [0.2, 0.25) is 0 Å². The molecule has 0 saturated carbocycles. The Labute approximate surface area is 173 Å². The zero-order valence-electron chi connectivity index (χ0n) is 16.0. The quantitative estimate of drug-likeness (QED) is 0.705. The standard InChI is InChI=1S/C22H21N3O3S/c1-15-14-29-21(23-15)24-20(26)19-11-17-9-5-6-10-18(17)12-25(19)22(27)28-13-16-7-3-2-4-8-16/h2-10,14,19H,11-13H2,1H3,(H,23,24,26). The number of carbonyl (C=O) groups is 2. The van der Waals surface area contributed by atoms with Gasteiger partial charge in [-0.2, -0.15) is 0 Å². The van der Waals surface area contributed by atoms with E-state index in [1.807, 2.05) is 66.9 Å². The molecule has 29 heavy (non-hydrogen) atoms. The fourth-order valence-corrected chi connectivity index (χ4v) is 4.04. The summed E-state index contributed by atoms with van der Waals surface area (Å²) in [6, 6.07) is 16.7. The number of amides is 2. The average molecular weight is 407 g/mol. The zero-order chi connectivity index (χ0) is 20.2. The smallest absolute Gasteiger partial charge is 0.411 e. The maximum absolute atomic E-state index is 13.0. The number of thiazole rings is 1. The predicted molar refractivity (Wildman–Crippen MR) is 112 cm³/mol. The monoisotopic (exact) mass is 407 g/mol. The highest BCUT2D eigenvalue weighted by Crippen LogP contribution is 2.26. The number of fused-ring (bicyclic) bond motifs is 1. The fraction of sp³-hybridized carbons (Fsp3) is 0.227. The van der Waals surface area contributed by atoms with E-state index in [9.17, 15) is 9.59 Å². The summed E-state index contributed by atoms with van der Waals surface area (Å²) >= 11 is 1.37. The molecule has 7 heteroatoms. The number of anilines is 1. The number of aryl methyl sites for hydroxylation is 1. The first-order chi connectivity index (χ1) is 14.1. The molecule has 0 bridgehead atoms. The summed E-state index contributed by atoms with van der Waals surface area (Å²) in [5, 5.41) is 5.25. The predicted octanol–water partition coefficient (Wildman–Crippen LogP) is 4.15. The highest BCUT2D eigenvalue weighted by atomic mass is 32.1. The van der Waals surface area contributed by atoms with Crippen molar-refractivity contribution in [2.24, 2.45) is 0 Å². The summed E-state index contributed by atoms with van der Waals surface area (Å²) in [5.74, 6) is -0.259. The Morgan fingerprint density at radius 1 is 1.14 bits per heavy atom. The zero-order valence-corrected chi connectivity index (χ0v) is 16.8. The summed E-state index contributed by atoms with van der Waals surface area (Å²) in [5.41, 5.74) is 3.84. The van der Waals surface area contributed by atoms with Crippen molar-refractivity contribution < 1.29 is 14.3 Å². The molecular weight excluding hydrogens is 386 g/mol. The van der Waals surface area contributed by atoms with Crippen LogP contribution in [0.5, 0.6) is 0 Å². The van der Waals surface area contributed by atoms with Gasteiger partial charge in [0.15, 0.2) is 5.13 Å². The lowest BCUT2D eigenvalue weighted by atomic mass is 9.94. The van der Waals surface area contributed by atoms with Gasteiger partial charge in [0.1, 0.15) is 12.6 Å². The van der Waals surface area contributed by atoms with E-state index in [4.69, 9.17) is 4.74 Å². The molecule has 0 fully saturated rings. The molecule has 1 atom stereocenters. The number of hydrogen-bond donors (Lipinski definition) is 1. The molecule has 2 heterocycles. The third-order valence-corrected chi connectivity index (χ3v) is 5.72. The molecule has 2 aromatic carbocycles. The van der Waals surface area contributed by atoms with Crippen molar-refractivity contribution in [3.05, 3.63) is 82.4 Å². The summed E-state index contributed by atoms with van der Waals surface area (Å²) in [6.45, 7) is 2.37. The van der Waals surface area contributed by atoms with Crippen molar-refractivity contribution >= 4 is 28.5 Å². The van der Waals surface area contributed by atoms with Crippen LogP contribution in [0.3, 0.4) is 0 Å². The van der Waals surface area contributed by atoms with Gasteiger partial charge >= 0.3 is 6.09 Å². The lowest BCUT2D eigenvalue weighted by Crippen LogP contribution is -2.50. The molecule has 1 aromatic heterocycles. The summed E-state index contributed by atoms with van der Waals surface area (Å²) in [6.07, 6.45) is -0.0638. The van der Waals surface area contributed by atoms with Crippen LogP contribution in [0, 0.1) is 6.92 Å². The minimum atomic E-state index is -0.655. The fourth-order valence-electron chi connectivity index (χ4n) is 3.35. The average Bonchev–Trinajstić information content (AvgIpc) is 3.16. The van der Waals surface area contributed by atoms with Crippen molar-refractivity contribution in [3.63, 3.8) is 0 Å². The number of ether oxygens (including phenoxy) is 1. The van der Waals surface area contributed by atoms with Crippen LogP contribution >= 0.6 is 11.3 Å². The van der Waals surface area contributed by atoms with E-state index >= 15 is 0 Å². The third kappa shape index (κ3) is 4.46. The Balaban J connectivity index is 1.52. The van der Waals surface area contributed by atoms with Crippen LogP contribution in [0.25, 0.3) is 0 Å². The van der Waals surface area contributed by atoms with Crippen LogP contribution in [0.4, 0.5) is 9.93 Å². The molecule has 0 radical (unpaired) electrons. The van der Waals surface area contributed by atoms with Gasteiger partial charge in [-0.1, -0.05) is 54.6 Å². The number of benzene rings is 2. The van der Waals surface area contributed by atoms with Gasteiger partial charge in [0.2, 0.25) is 5.91 Å². The number of nitrogens with zero attached hydrogens (tertiary/aromatic N) is 2.